The third-order valence-electron chi connectivity index (χ3n) is 8.06. The average Bonchev–Trinajstić information content (AvgIpc) is 3.31. The molecule has 3 aromatic carbocycles. The third kappa shape index (κ3) is 3.67. The second kappa shape index (κ2) is 9.21. The van der Waals surface area contributed by atoms with Crippen molar-refractivity contribution in [3.05, 3.63) is 94.2 Å². The smallest absolute Gasteiger partial charge is 0.238 e. The van der Waals surface area contributed by atoms with Gasteiger partial charge in [0.15, 0.2) is 0 Å². The number of fused-ring (bicyclic) bond motifs is 5. The SMILES string of the molecule is O=C1[C@@H]2[C@H]3C(=O)N(c4ccccc4)C(=O)[C@H]3Cc3nc4cc(Cl)c(Cl)cc4nc3C[C@@H]2C(=O)N1c1ccccc1. The molecule has 3 heterocycles. The highest BCUT2D eigenvalue weighted by atomic mass is 35.5. The maximum Gasteiger partial charge on any atom is 0.238 e. The molecule has 0 unspecified atom stereocenters. The van der Waals surface area contributed by atoms with Crippen LogP contribution in [0.3, 0.4) is 0 Å². The maximum absolute atomic E-state index is 14.0. The molecule has 4 atom stereocenters. The molecule has 3 aliphatic rings. The molecule has 2 saturated heterocycles. The third-order valence-corrected chi connectivity index (χ3v) is 8.78. The van der Waals surface area contributed by atoms with Crippen LogP contribution in [0.2, 0.25) is 10.0 Å². The monoisotopic (exact) mass is 570 g/mol. The molecule has 10 heteroatoms. The van der Waals surface area contributed by atoms with Crippen molar-refractivity contribution in [3.63, 3.8) is 0 Å². The molecular weight excluding hydrogens is 551 g/mol. The second-order valence-corrected chi connectivity index (χ2v) is 11.1. The molecule has 7 rings (SSSR count). The first kappa shape index (κ1) is 24.9. The Kier molecular flexibility index (Phi) is 5.73. The highest BCUT2D eigenvalue weighted by molar-refractivity contribution is 6.42. The van der Waals surface area contributed by atoms with Gasteiger partial charge in [-0.05, 0) is 36.4 Å². The Bertz CT molecular complexity index is 1620. The number of imide groups is 2. The van der Waals surface area contributed by atoms with Crippen LogP contribution in [0.15, 0.2) is 72.8 Å². The van der Waals surface area contributed by atoms with Gasteiger partial charge in [0.1, 0.15) is 0 Å². The fourth-order valence-electron chi connectivity index (χ4n) is 6.27. The highest BCUT2D eigenvalue weighted by Crippen LogP contribution is 2.47. The van der Waals surface area contributed by atoms with E-state index in [4.69, 9.17) is 33.2 Å². The van der Waals surface area contributed by atoms with Crippen molar-refractivity contribution in [2.75, 3.05) is 9.80 Å². The number of aromatic nitrogens is 2. The maximum atomic E-state index is 14.0. The van der Waals surface area contributed by atoms with Gasteiger partial charge in [-0.25, -0.2) is 9.97 Å². The predicted molar refractivity (Wildman–Crippen MR) is 149 cm³/mol. The molecule has 0 spiro atoms. The molecular formula is C30H20Cl2N4O4. The van der Waals surface area contributed by atoms with Crippen molar-refractivity contribution in [2.45, 2.75) is 12.8 Å². The quantitative estimate of drug-likeness (QED) is 0.325. The summed E-state index contributed by atoms with van der Waals surface area (Å²) in [5.74, 6) is -5.68. The number of amides is 4. The van der Waals surface area contributed by atoms with E-state index in [1.807, 2.05) is 0 Å². The van der Waals surface area contributed by atoms with Crippen LogP contribution >= 0.6 is 23.2 Å². The first-order valence-corrected chi connectivity index (χ1v) is 13.6. The van der Waals surface area contributed by atoms with Crippen molar-refractivity contribution in [3.8, 4) is 0 Å². The van der Waals surface area contributed by atoms with Crippen LogP contribution in [0.25, 0.3) is 11.0 Å². The summed E-state index contributed by atoms with van der Waals surface area (Å²) in [4.78, 5) is 67.7. The minimum Gasteiger partial charge on any atom is -0.274 e. The number of para-hydroxylation sites is 2. The Labute approximate surface area is 238 Å². The zero-order valence-electron chi connectivity index (χ0n) is 20.8. The molecule has 0 radical (unpaired) electrons. The van der Waals surface area contributed by atoms with E-state index in [-0.39, 0.29) is 12.8 Å². The van der Waals surface area contributed by atoms with Gasteiger partial charge in [0.25, 0.3) is 0 Å². The standard InChI is InChI=1S/C30H20Cl2N4O4/c31-19-13-23-24(14-20(19)32)34-22-12-18-26(30(40)36(28(18)38)16-9-5-2-6-10-16)25-17(11-21(22)33-23)27(37)35(29(25)39)15-7-3-1-4-8-15/h1-10,13-14,17-18,25-26H,11-12H2/t17-,18-,25-,26-/m0/s1. The summed E-state index contributed by atoms with van der Waals surface area (Å²) in [7, 11) is 0. The number of carbonyl (C=O) groups excluding carboxylic acids is 4. The number of nitrogens with zero attached hydrogens (tertiary/aromatic N) is 4. The van der Waals surface area contributed by atoms with E-state index in [1.165, 1.54) is 0 Å². The van der Waals surface area contributed by atoms with Gasteiger partial charge >= 0.3 is 0 Å². The second-order valence-electron chi connectivity index (χ2n) is 10.2. The first-order chi connectivity index (χ1) is 19.3. The van der Waals surface area contributed by atoms with Crippen LogP contribution in [0.5, 0.6) is 0 Å². The van der Waals surface area contributed by atoms with E-state index in [1.54, 1.807) is 72.8 Å². The minimum atomic E-state index is -1.03. The summed E-state index contributed by atoms with van der Waals surface area (Å²) in [6.07, 6.45) is 0.181. The minimum absolute atomic E-state index is 0.0904. The number of hydrogen-bond acceptors (Lipinski definition) is 6. The molecule has 40 heavy (non-hydrogen) atoms. The van der Waals surface area contributed by atoms with Crippen LogP contribution in [0.4, 0.5) is 11.4 Å². The summed E-state index contributed by atoms with van der Waals surface area (Å²) in [5, 5.41) is 0.620. The summed E-state index contributed by atoms with van der Waals surface area (Å²) in [5.41, 5.74) is 2.80. The highest BCUT2D eigenvalue weighted by Gasteiger charge is 2.61. The van der Waals surface area contributed by atoms with Gasteiger partial charge in [0, 0.05) is 12.8 Å². The fraction of sp³-hybridized carbons (Fsp3) is 0.200. The van der Waals surface area contributed by atoms with Gasteiger partial charge in [-0.1, -0.05) is 59.6 Å². The van der Waals surface area contributed by atoms with Crippen LogP contribution < -0.4 is 9.80 Å². The van der Waals surface area contributed by atoms with Crippen molar-refractivity contribution < 1.29 is 19.2 Å². The molecule has 198 valence electrons. The van der Waals surface area contributed by atoms with Gasteiger partial charge in [-0.2, -0.15) is 0 Å². The predicted octanol–water partition coefficient (Wildman–Crippen LogP) is 4.65. The number of carbonyl (C=O) groups is 4. The van der Waals surface area contributed by atoms with Gasteiger partial charge < -0.3 is 0 Å². The van der Waals surface area contributed by atoms with Crippen molar-refractivity contribution in [2.24, 2.45) is 23.7 Å². The van der Waals surface area contributed by atoms with Crippen molar-refractivity contribution in [1.82, 2.24) is 9.97 Å². The Hall–Kier alpha value is -4.14. The molecule has 0 bridgehead atoms. The number of anilines is 2. The van der Waals surface area contributed by atoms with E-state index >= 15 is 0 Å². The van der Waals surface area contributed by atoms with Crippen molar-refractivity contribution >= 4 is 69.2 Å². The zero-order valence-corrected chi connectivity index (χ0v) is 22.3. The van der Waals surface area contributed by atoms with Gasteiger partial charge in [0.05, 0.1) is 67.5 Å². The average molecular weight is 571 g/mol. The Morgan fingerprint density at radius 1 is 0.575 bits per heavy atom. The largest absolute Gasteiger partial charge is 0.274 e. The lowest BCUT2D eigenvalue weighted by Gasteiger charge is -2.27. The molecule has 4 amide bonds. The number of rotatable bonds is 2. The molecule has 2 aliphatic heterocycles. The van der Waals surface area contributed by atoms with Gasteiger partial charge in [-0.15, -0.1) is 0 Å². The first-order valence-electron chi connectivity index (χ1n) is 12.8. The molecule has 0 N–H and O–H groups in total. The van der Waals surface area contributed by atoms with Crippen LogP contribution in [0, 0.1) is 23.7 Å². The van der Waals surface area contributed by atoms with Crippen molar-refractivity contribution in [1.29, 1.82) is 0 Å². The number of halogens is 2. The molecule has 1 aliphatic carbocycles. The molecule has 8 nitrogen and oxygen atoms in total. The lowest BCUT2D eigenvalue weighted by atomic mass is 9.72. The van der Waals surface area contributed by atoms with E-state index in [0.717, 1.165) is 9.80 Å². The van der Waals surface area contributed by atoms with E-state index < -0.39 is 47.3 Å². The van der Waals surface area contributed by atoms with Crippen LogP contribution in [-0.2, 0) is 32.0 Å². The Balaban J connectivity index is 1.42. The van der Waals surface area contributed by atoms with E-state index in [9.17, 15) is 19.2 Å². The summed E-state index contributed by atoms with van der Waals surface area (Å²) in [6, 6.07) is 20.5. The van der Waals surface area contributed by atoms with Crippen LogP contribution in [-0.4, -0.2) is 33.6 Å². The lowest BCUT2D eigenvalue weighted by Crippen LogP contribution is -2.39. The molecule has 0 saturated carbocycles. The summed E-state index contributed by atoms with van der Waals surface area (Å²) in [6.45, 7) is 0. The van der Waals surface area contributed by atoms with Gasteiger partial charge in [-0.3, -0.25) is 29.0 Å². The Morgan fingerprint density at radius 2 is 0.950 bits per heavy atom. The normalized spacial score (nSPS) is 24.1. The lowest BCUT2D eigenvalue weighted by molar-refractivity contribution is -0.131. The zero-order chi connectivity index (χ0) is 27.7. The molecule has 2 fully saturated rings. The van der Waals surface area contributed by atoms with E-state index in [0.29, 0.717) is 43.8 Å². The molecule has 1 aromatic heterocycles. The number of hydrogen-bond donors (Lipinski definition) is 0. The number of benzene rings is 3. The van der Waals surface area contributed by atoms with Gasteiger partial charge in [0.2, 0.25) is 23.6 Å². The van der Waals surface area contributed by atoms with Crippen LogP contribution in [0.1, 0.15) is 11.4 Å². The topological polar surface area (TPSA) is 101 Å². The summed E-state index contributed by atoms with van der Waals surface area (Å²) >= 11 is 12.5. The van der Waals surface area contributed by atoms with E-state index in [2.05, 4.69) is 0 Å². The molecule has 4 aromatic rings. The fourth-order valence-corrected chi connectivity index (χ4v) is 6.58. The Morgan fingerprint density at radius 3 is 1.32 bits per heavy atom. The summed E-state index contributed by atoms with van der Waals surface area (Å²) < 4.78 is 0.